The molecule has 1 aromatic heterocycles. The molecule has 0 unspecified atom stereocenters. The largest absolute Gasteiger partial charge is 0.494 e. The van der Waals surface area contributed by atoms with Crippen molar-refractivity contribution in [2.75, 3.05) is 7.11 Å². The van der Waals surface area contributed by atoms with Crippen molar-refractivity contribution < 1.29 is 18.3 Å². The van der Waals surface area contributed by atoms with E-state index in [1.807, 2.05) is 0 Å². The molecule has 2 aromatic rings. The van der Waals surface area contributed by atoms with Gasteiger partial charge in [0, 0.05) is 6.07 Å². The van der Waals surface area contributed by atoms with Crippen LogP contribution in [0.2, 0.25) is 0 Å². The average molecular weight is 222 g/mol. The zero-order chi connectivity index (χ0) is 11.7. The molecule has 0 aliphatic heterocycles. The van der Waals surface area contributed by atoms with E-state index in [-0.39, 0.29) is 22.3 Å². The van der Waals surface area contributed by atoms with E-state index in [4.69, 9.17) is 9.15 Å². The number of carbonyl (C=O) groups excluding carboxylic acids is 1. The molecule has 16 heavy (non-hydrogen) atoms. The summed E-state index contributed by atoms with van der Waals surface area (Å²) in [6, 6.07) is 2.26. The predicted octanol–water partition coefficient (Wildman–Crippen LogP) is 1.75. The van der Waals surface area contributed by atoms with Crippen molar-refractivity contribution >= 4 is 17.3 Å². The summed E-state index contributed by atoms with van der Waals surface area (Å²) in [5.74, 6) is -0.695. The number of rotatable bonds is 2. The Morgan fingerprint density at radius 2 is 2.19 bits per heavy atom. The van der Waals surface area contributed by atoms with Crippen LogP contribution in [0.5, 0.6) is 5.75 Å². The lowest BCUT2D eigenvalue weighted by molar-refractivity contribution is 0.112. The van der Waals surface area contributed by atoms with E-state index in [0.717, 1.165) is 12.3 Å². The lowest BCUT2D eigenvalue weighted by Crippen LogP contribution is -2.08. The Morgan fingerprint density at radius 3 is 2.81 bits per heavy atom. The molecule has 5 heteroatoms. The quantitative estimate of drug-likeness (QED) is 0.726. The number of hydrogen-bond acceptors (Lipinski definition) is 4. The van der Waals surface area contributed by atoms with Gasteiger partial charge in [0.2, 0.25) is 5.43 Å². The standard InChI is InChI=1S/C11H7FO4/c1-15-10-2-7-9(3-8(10)12)16-5-6(4-13)11(7)14/h2-5H,1H3. The Kier molecular flexibility index (Phi) is 2.44. The summed E-state index contributed by atoms with van der Waals surface area (Å²) < 4.78 is 23.0. The van der Waals surface area contributed by atoms with Gasteiger partial charge in [-0.3, -0.25) is 9.59 Å². The molecule has 0 N–H and O–H groups in total. The van der Waals surface area contributed by atoms with Gasteiger partial charge in [0.1, 0.15) is 11.8 Å². The lowest BCUT2D eigenvalue weighted by Gasteiger charge is -2.03. The normalized spacial score (nSPS) is 10.4. The summed E-state index contributed by atoms with van der Waals surface area (Å²) in [5, 5.41) is 0.114. The summed E-state index contributed by atoms with van der Waals surface area (Å²) in [7, 11) is 1.29. The van der Waals surface area contributed by atoms with E-state index in [2.05, 4.69) is 0 Å². The van der Waals surface area contributed by atoms with Gasteiger partial charge < -0.3 is 9.15 Å². The van der Waals surface area contributed by atoms with Crippen molar-refractivity contribution in [1.82, 2.24) is 0 Å². The topological polar surface area (TPSA) is 56.5 Å². The number of aldehydes is 1. The van der Waals surface area contributed by atoms with Crippen molar-refractivity contribution in [3.05, 3.63) is 40.0 Å². The highest BCUT2D eigenvalue weighted by atomic mass is 19.1. The maximum atomic E-state index is 13.3. The lowest BCUT2D eigenvalue weighted by atomic mass is 10.1. The molecule has 0 saturated heterocycles. The Bertz CT molecular complexity index is 615. The third-order valence-electron chi connectivity index (χ3n) is 2.20. The Balaban J connectivity index is 2.87. The Hall–Kier alpha value is -2.17. The molecule has 1 heterocycles. The molecule has 0 aliphatic carbocycles. The summed E-state index contributed by atoms with van der Waals surface area (Å²) in [6.45, 7) is 0. The van der Waals surface area contributed by atoms with Crippen molar-refractivity contribution in [1.29, 1.82) is 0 Å². The van der Waals surface area contributed by atoms with Gasteiger partial charge in [-0.2, -0.15) is 0 Å². The van der Waals surface area contributed by atoms with Gasteiger partial charge in [-0.15, -0.1) is 0 Å². The first kappa shape index (κ1) is 10.4. The second-order valence-electron chi connectivity index (χ2n) is 3.12. The molecule has 1 aromatic carbocycles. The molecule has 0 radical (unpaired) electrons. The van der Waals surface area contributed by atoms with Crippen LogP contribution in [0.1, 0.15) is 10.4 Å². The summed E-state index contributed by atoms with van der Waals surface area (Å²) in [4.78, 5) is 22.2. The van der Waals surface area contributed by atoms with Crippen LogP contribution in [0, 0.1) is 5.82 Å². The van der Waals surface area contributed by atoms with Crippen LogP contribution < -0.4 is 10.2 Å². The maximum absolute atomic E-state index is 13.3. The smallest absolute Gasteiger partial charge is 0.203 e. The zero-order valence-corrected chi connectivity index (χ0v) is 8.32. The fourth-order valence-corrected chi connectivity index (χ4v) is 1.38. The molecule has 0 saturated carbocycles. The second kappa shape index (κ2) is 3.77. The van der Waals surface area contributed by atoms with E-state index < -0.39 is 11.2 Å². The van der Waals surface area contributed by atoms with Crippen molar-refractivity contribution in [3.63, 3.8) is 0 Å². The number of benzene rings is 1. The first-order chi connectivity index (χ1) is 7.67. The highest BCUT2D eigenvalue weighted by Gasteiger charge is 2.11. The summed E-state index contributed by atoms with van der Waals surface area (Å²) >= 11 is 0. The Labute approximate surface area is 89.2 Å². The third kappa shape index (κ3) is 1.46. The van der Waals surface area contributed by atoms with Gasteiger partial charge in [0.25, 0.3) is 0 Å². The second-order valence-corrected chi connectivity index (χ2v) is 3.12. The number of carbonyl (C=O) groups is 1. The highest BCUT2D eigenvalue weighted by molar-refractivity contribution is 5.85. The van der Waals surface area contributed by atoms with Crippen LogP contribution >= 0.6 is 0 Å². The first-order valence-corrected chi connectivity index (χ1v) is 4.41. The molecule has 4 nitrogen and oxygen atoms in total. The minimum atomic E-state index is -0.628. The maximum Gasteiger partial charge on any atom is 0.203 e. The van der Waals surface area contributed by atoms with Crippen LogP contribution in [-0.4, -0.2) is 13.4 Å². The molecule has 0 atom stereocenters. The third-order valence-corrected chi connectivity index (χ3v) is 2.20. The van der Waals surface area contributed by atoms with E-state index in [1.54, 1.807) is 0 Å². The van der Waals surface area contributed by atoms with Crippen molar-refractivity contribution in [2.45, 2.75) is 0 Å². The van der Waals surface area contributed by atoms with Crippen molar-refractivity contribution in [3.8, 4) is 5.75 Å². The number of fused-ring (bicyclic) bond motifs is 1. The number of methoxy groups -OCH3 is 1. The predicted molar refractivity (Wildman–Crippen MR) is 54.4 cm³/mol. The molecule has 82 valence electrons. The number of hydrogen-bond donors (Lipinski definition) is 0. The van der Waals surface area contributed by atoms with E-state index in [0.29, 0.717) is 6.29 Å². The molecule has 0 aliphatic rings. The highest BCUT2D eigenvalue weighted by Crippen LogP contribution is 2.22. The van der Waals surface area contributed by atoms with Gasteiger partial charge >= 0.3 is 0 Å². The average Bonchev–Trinajstić information content (AvgIpc) is 2.29. The Morgan fingerprint density at radius 1 is 1.44 bits per heavy atom. The van der Waals surface area contributed by atoms with Gasteiger partial charge in [-0.1, -0.05) is 0 Å². The minimum Gasteiger partial charge on any atom is -0.494 e. The van der Waals surface area contributed by atoms with Gasteiger partial charge in [-0.25, -0.2) is 4.39 Å². The van der Waals surface area contributed by atoms with Gasteiger partial charge in [-0.05, 0) is 6.07 Å². The molecular weight excluding hydrogens is 215 g/mol. The molecule has 2 rings (SSSR count). The molecule has 0 spiro atoms. The van der Waals surface area contributed by atoms with Crippen LogP contribution in [0.3, 0.4) is 0 Å². The SMILES string of the molecule is COc1cc2c(=O)c(C=O)coc2cc1F. The van der Waals surface area contributed by atoms with Gasteiger partial charge in [0.15, 0.2) is 17.9 Å². The molecular formula is C11H7FO4. The van der Waals surface area contributed by atoms with Crippen LogP contribution in [0.15, 0.2) is 27.6 Å². The minimum absolute atomic E-state index is 0.0668. The van der Waals surface area contributed by atoms with E-state index in [1.165, 1.54) is 13.2 Å². The van der Waals surface area contributed by atoms with Crippen LogP contribution in [-0.2, 0) is 0 Å². The number of halogens is 1. The summed E-state index contributed by atoms with van der Waals surface area (Å²) in [5.41, 5.74) is -0.537. The zero-order valence-electron chi connectivity index (χ0n) is 8.32. The van der Waals surface area contributed by atoms with Gasteiger partial charge in [0.05, 0.1) is 18.1 Å². The van der Waals surface area contributed by atoms with E-state index in [9.17, 15) is 14.0 Å². The molecule has 0 bridgehead atoms. The van der Waals surface area contributed by atoms with Crippen LogP contribution in [0.4, 0.5) is 4.39 Å². The van der Waals surface area contributed by atoms with Crippen LogP contribution in [0.25, 0.3) is 11.0 Å². The fraction of sp³-hybridized carbons (Fsp3) is 0.0909. The van der Waals surface area contributed by atoms with E-state index >= 15 is 0 Å². The molecule has 0 amide bonds. The monoisotopic (exact) mass is 222 g/mol. The summed E-state index contributed by atoms with van der Waals surface area (Å²) in [6.07, 6.45) is 1.39. The number of ether oxygens (including phenoxy) is 1. The fourth-order valence-electron chi connectivity index (χ4n) is 1.38. The molecule has 0 fully saturated rings. The van der Waals surface area contributed by atoms with Crippen molar-refractivity contribution in [2.24, 2.45) is 0 Å². The first-order valence-electron chi connectivity index (χ1n) is 4.41.